The van der Waals surface area contributed by atoms with Gasteiger partial charge in [0, 0.05) is 42.9 Å². The minimum absolute atomic E-state index is 0.0910. The molecule has 0 saturated carbocycles. The fourth-order valence-electron chi connectivity index (χ4n) is 2.07. The van der Waals surface area contributed by atoms with E-state index in [2.05, 4.69) is 15.0 Å². The fraction of sp³-hybridized carbons (Fsp3) is 0.294. The van der Waals surface area contributed by atoms with E-state index in [9.17, 15) is 13.2 Å². The number of nitrogens with zero attached hydrogens (tertiary/aromatic N) is 1. The number of hydrogen-bond donors (Lipinski definition) is 3. The Morgan fingerprint density at radius 1 is 1.19 bits per heavy atom. The van der Waals surface area contributed by atoms with Crippen molar-refractivity contribution in [3.05, 3.63) is 54.4 Å². The molecule has 2 aromatic rings. The average molecular weight is 395 g/mol. The number of carbonyl (C=O) groups excluding carboxylic acids is 1. The van der Waals surface area contributed by atoms with Gasteiger partial charge in [-0.25, -0.2) is 13.1 Å². The van der Waals surface area contributed by atoms with Crippen LogP contribution in [0, 0.1) is 0 Å². The monoisotopic (exact) mass is 394 g/mol. The zero-order valence-corrected chi connectivity index (χ0v) is 15.9. The van der Waals surface area contributed by atoms with Crippen molar-refractivity contribution < 1.29 is 13.2 Å². The van der Waals surface area contributed by atoms with Crippen LogP contribution >= 0.6 is 11.8 Å². The molecule has 26 heavy (non-hydrogen) atoms. The van der Waals surface area contributed by atoms with Crippen LogP contribution in [0.4, 0.5) is 5.69 Å². The molecule has 0 aliphatic rings. The zero-order chi connectivity index (χ0) is 18.8. The molecule has 1 amide bonds. The first-order valence-electron chi connectivity index (χ1n) is 8.08. The van der Waals surface area contributed by atoms with E-state index in [1.807, 2.05) is 18.2 Å². The lowest BCUT2D eigenvalue weighted by Gasteiger charge is -2.09. The second kappa shape index (κ2) is 10.3. The largest absolute Gasteiger partial charge is 0.329 e. The van der Waals surface area contributed by atoms with Gasteiger partial charge in [-0.15, -0.1) is 0 Å². The molecule has 0 aliphatic carbocycles. The first kappa shape index (κ1) is 20.4. The number of thioether (sulfide) groups is 1. The molecule has 0 saturated heterocycles. The number of carbonyl (C=O) groups is 1. The molecule has 1 aromatic heterocycles. The van der Waals surface area contributed by atoms with Gasteiger partial charge in [0.25, 0.3) is 0 Å². The molecule has 0 spiro atoms. The molecule has 7 nitrogen and oxygen atoms in total. The Kier molecular flexibility index (Phi) is 8.05. The van der Waals surface area contributed by atoms with Gasteiger partial charge < -0.3 is 11.1 Å². The molecular formula is C17H22N4O3S2. The zero-order valence-electron chi connectivity index (χ0n) is 14.2. The number of sulfonamides is 1. The third-order valence-corrected chi connectivity index (χ3v) is 5.77. The summed E-state index contributed by atoms with van der Waals surface area (Å²) in [5, 5.41) is 2.72. The molecule has 1 aromatic carbocycles. The third kappa shape index (κ3) is 6.75. The number of amides is 1. The molecule has 140 valence electrons. The van der Waals surface area contributed by atoms with Crippen LogP contribution in [-0.4, -0.2) is 38.2 Å². The van der Waals surface area contributed by atoms with Crippen LogP contribution in [-0.2, 0) is 20.6 Å². The second-order valence-electron chi connectivity index (χ2n) is 5.39. The number of aromatic nitrogens is 1. The van der Waals surface area contributed by atoms with E-state index in [4.69, 9.17) is 5.73 Å². The molecule has 0 radical (unpaired) electrons. The van der Waals surface area contributed by atoms with E-state index < -0.39 is 10.0 Å². The Morgan fingerprint density at radius 2 is 2.04 bits per heavy atom. The highest BCUT2D eigenvalue weighted by molar-refractivity contribution is 7.98. The SMILES string of the molecule is NCCNS(=O)(=O)c1cccc(NC(=O)CCSCc2ccccn2)c1. The highest BCUT2D eigenvalue weighted by atomic mass is 32.2. The average Bonchev–Trinajstić information content (AvgIpc) is 2.65. The van der Waals surface area contributed by atoms with E-state index >= 15 is 0 Å². The van der Waals surface area contributed by atoms with Crippen molar-refractivity contribution in [1.82, 2.24) is 9.71 Å². The van der Waals surface area contributed by atoms with Crippen molar-refractivity contribution in [3.63, 3.8) is 0 Å². The Morgan fingerprint density at radius 3 is 2.77 bits per heavy atom. The first-order valence-corrected chi connectivity index (χ1v) is 10.7. The maximum absolute atomic E-state index is 12.1. The van der Waals surface area contributed by atoms with Crippen LogP contribution in [0.1, 0.15) is 12.1 Å². The molecule has 9 heteroatoms. The summed E-state index contributed by atoms with van der Waals surface area (Å²) in [7, 11) is -3.62. The van der Waals surface area contributed by atoms with Crippen LogP contribution in [0.25, 0.3) is 0 Å². The quantitative estimate of drug-likeness (QED) is 0.527. The summed E-state index contributed by atoms with van der Waals surface area (Å²) in [5.74, 6) is 1.23. The van der Waals surface area contributed by atoms with Crippen molar-refractivity contribution in [2.45, 2.75) is 17.1 Å². The van der Waals surface area contributed by atoms with Crippen LogP contribution in [0.3, 0.4) is 0 Å². The summed E-state index contributed by atoms with van der Waals surface area (Å²) in [6, 6.07) is 11.9. The van der Waals surface area contributed by atoms with Gasteiger partial charge in [0.05, 0.1) is 10.6 Å². The van der Waals surface area contributed by atoms with E-state index in [1.54, 1.807) is 30.1 Å². The van der Waals surface area contributed by atoms with E-state index in [0.717, 1.165) is 11.4 Å². The Labute approximate surface area is 157 Å². The van der Waals surface area contributed by atoms with Gasteiger partial charge in [0.2, 0.25) is 15.9 Å². The minimum atomic E-state index is -3.62. The van der Waals surface area contributed by atoms with Crippen LogP contribution in [0.2, 0.25) is 0 Å². The molecule has 0 aliphatic heterocycles. The normalized spacial score (nSPS) is 11.3. The Bertz CT molecular complexity index is 814. The van der Waals surface area contributed by atoms with Gasteiger partial charge >= 0.3 is 0 Å². The summed E-state index contributed by atoms with van der Waals surface area (Å²) in [5.41, 5.74) is 6.73. The van der Waals surface area contributed by atoms with Crippen molar-refractivity contribution in [2.24, 2.45) is 5.73 Å². The van der Waals surface area contributed by atoms with Crippen molar-refractivity contribution >= 4 is 33.4 Å². The number of rotatable bonds is 10. The third-order valence-electron chi connectivity index (χ3n) is 3.31. The van der Waals surface area contributed by atoms with Gasteiger partial charge in [-0.1, -0.05) is 12.1 Å². The van der Waals surface area contributed by atoms with Crippen molar-refractivity contribution in [3.8, 4) is 0 Å². The molecule has 0 atom stereocenters. The number of hydrogen-bond acceptors (Lipinski definition) is 6. The van der Waals surface area contributed by atoms with Gasteiger partial charge in [0.1, 0.15) is 0 Å². The lowest BCUT2D eigenvalue weighted by Crippen LogP contribution is -2.29. The lowest BCUT2D eigenvalue weighted by molar-refractivity contribution is -0.115. The molecule has 0 bridgehead atoms. The summed E-state index contributed by atoms with van der Waals surface area (Å²) in [6.45, 7) is 0.373. The number of anilines is 1. The van der Waals surface area contributed by atoms with Gasteiger partial charge in [0.15, 0.2) is 0 Å². The Hall–Kier alpha value is -1.94. The second-order valence-corrected chi connectivity index (χ2v) is 8.26. The summed E-state index contributed by atoms with van der Waals surface area (Å²) in [4.78, 5) is 16.4. The lowest BCUT2D eigenvalue weighted by atomic mass is 10.3. The van der Waals surface area contributed by atoms with Crippen LogP contribution in [0.15, 0.2) is 53.6 Å². The number of pyridine rings is 1. The predicted molar refractivity (Wildman–Crippen MR) is 104 cm³/mol. The van der Waals surface area contributed by atoms with Crippen LogP contribution < -0.4 is 15.8 Å². The fourth-order valence-corrected chi connectivity index (χ4v) is 4.01. The molecule has 1 heterocycles. The molecule has 0 unspecified atom stereocenters. The highest BCUT2D eigenvalue weighted by Crippen LogP contribution is 2.16. The summed E-state index contributed by atoms with van der Waals surface area (Å²) >= 11 is 1.62. The maximum Gasteiger partial charge on any atom is 0.240 e. The van der Waals surface area contributed by atoms with Gasteiger partial charge in [-0.05, 0) is 30.3 Å². The topological polar surface area (TPSA) is 114 Å². The number of nitrogens with one attached hydrogen (secondary N) is 2. The van der Waals surface area contributed by atoms with E-state index in [1.165, 1.54) is 12.1 Å². The summed E-state index contributed by atoms with van der Waals surface area (Å²) in [6.07, 6.45) is 2.08. The predicted octanol–water partition coefficient (Wildman–Crippen LogP) is 1.58. The molecular weight excluding hydrogens is 372 g/mol. The van der Waals surface area contributed by atoms with Gasteiger partial charge in [-0.2, -0.15) is 11.8 Å². The first-order chi connectivity index (χ1) is 12.5. The standard InChI is InChI=1S/C17H22N4O3S2/c18-8-10-20-26(23,24)16-6-3-5-14(12-16)21-17(22)7-11-25-13-15-4-1-2-9-19-15/h1-6,9,12,20H,7-8,10-11,13,18H2,(H,21,22). The van der Waals surface area contributed by atoms with Gasteiger partial charge in [-0.3, -0.25) is 9.78 Å². The molecule has 2 rings (SSSR count). The van der Waals surface area contributed by atoms with Crippen molar-refractivity contribution in [1.29, 1.82) is 0 Å². The van der Waals surface area contributed by atoms with Crippen molar-refractivity contribution in [2.75, 3.05) is 24.2 Å². The Balaban J connectivity index is 1.82. The van der Waals surface area contributed by atoms with E-state index in [0.29, 0.717) is 17.9 Å². The van der Waals surface area contributed by atoms with E-state index in [-0.39, 0.29) is 23.9 Å². The maximum atomic E-state index is 12.1. The summed E-state index contributed by atoms with van der Waals surface area (Å²) < 4.78 is 26.6. The number of benzene rings is 1. The molecule has 0 fully saturated rings. The van der Waals surface area contributed by atoms with Crippen LogP contribution in [0.5, 0.6) is 0 Å². The minimum Gasteiger partial charge on any atom is -0.329 e. The molecule has 4 N–H and O–H groups in total. The highest BCUT2D eigenvalue weighted by Gasteiger charge is 2.14. The smallest absolute Gasteiger partial charge is 0.240 e. The number of nitrogens with two attached hydrogens (primary N) is 1.